The van der Waals surface area contributed by atoms with Gasteiger partial charge in [-0.2, -0.15) is 0 Å². The summed E-state index contributed by atoms with van der Waals surface area (Å²) in [6.07, 6.45) is 5.05. The highest BCUT2D eigenvalue weighted by Gasteiger charge is 2.26. The molecular formula is C17H24ClNO. The zero-order chi connectivity index (χ0) is 14.5. The van der Waals surface area contributed by atoms with Gasteiger partial charge in [0.05, 0.1) is 6.04 Å². The van der Waals surface area contributed by atoms with Gasteiger partial charge in [0.25, 0.3) is 0 Å². The van der Waals surface area contributed by atoms with Crippen molar-refractivity contribution >= 4 is 17.4 Å². The van der Waals surface area contributed by atoms with Crippen molar-refractivity contribution in [3.8, 4) is 0 Å². The molecule has 1 aromatic carbocycles. The molecule has 0 spiro atoms. The summed E-state index contributed by atoms with van der Waals surface area (Å²) in [6.45, 7) is 6.37. The Morgan fingerprint density at radius 3 is 2.45 bits per heavy atom. The number of hydrogen-bond acceptors (Lipinski definition) is 2. The van der Waals surface area contributed by atoms with Gasteiger partial charge in [-0.1, -0.05) is 31.4 Å². The molecule has 1 fully saturated rings. The third-order valence-corrected chi connectivity index (χ3v) is 4.65. The molecule has 1 unspecified atom stereocenters. The molecule has 2 rings (SSSR count). The van der Waals surface area contributed by atoms with Crippen LogP contribution in [0.1, 0.15) is 49.9 Å². The second-order valence-corrected chi connectivity index (χ2v) is 6.25. The third kappa shape index (κ3) is 3.83. The summed E-state index contributed by atoms with van der Waals surface area (Å²) in [5.41, 5.74) is 0.762. The van der Waals surface area contributed by atoms with Crippen LogP contribution in [0.5, 0.6) is 0 Å². The lowest BCUT2D eigenvalue weighted by atomic mass is 9.91. The number of halogens is 1. The number of nitrogens with zero attached hydrogens (tertiary/aromatic N) is 1. The normalized spacial score (nSPS) is 18.9. The van der Waals surface area contributed by atoms with Crippen LogP contribution in [0, 0.1) is 5.92 Å². The molecule has 0 N–H and O–H groups in total. The third-order valence-electron chi connectivity index (χ3n) is 4.40. The largest absolute Gasteiger partial charge is 0.293 e. The van der Waals surface area contributed by atoms with Gasteiger partial charge in [0.2, 0.25) is 0 Å². The maximum atomic E-state index is 12.5. The molecule has 20 heavy (non-hydrogen) atoms. The molecule has 3 heteroatoms. The van der Waals surface area contributed by atoms with Crippen LogP contribution in [-0.4, -0.2) is 29.8 Å². The van der Waals surface area contributed by atoms with E-state index in [2.05, 4.69) is 11.8 Å². The van der Waals surface area contributed by atoms with Crippen LogP contribution in [0.3, 0.4) is 0 Å². The molecule has 2 nitrogen and oxygen atoms in total. The summed E-state index contributed by atoms with van der Waals surface area (Å²) in [6, 6.07) is 7.19. The van der Waals surface area contributed by atoms with E-state index in [9.17, 15) is 4.79 Å². The van der Waals surface area contributed by atoms with Crippen molar-refractivity contribution in [1.29, 1.82) is 0 Å². The Bertz CT molecular complexity index is 435. The fourth-order valence-corrected chi connectivity index (χ4v) is 3.18. The van der Waals surface area contributed by atoms with Crippen molar-refractivity contribution < 1.29 is 4.79 Å². The second-order valence-electron chi connectivity index (χ2n) is 5.82. The van der Waals surface area contributed by atoms with Crippen LogP contribution in [0.2, 0.25) is 5.02 Å². The molecule has 110 valence electrons. The highest BCUT2D eigenvalue weighted by molar-refractivity contribution is 6.30. The molecule has 1 saturated heterocycles. The van der Waals surface area contributed by atoms with E-state index in [0.717, 1.165) is 24.6 Å². The smallest absolute Gasteiger partial charge is 0.179 e. The number of carbonyl (C=O) groups excluding carboxylic acids is 1. The molecule has 1 aliphatic rings. The van der Waals surface area contributed by atoms with Gasteiger partial charge in [-0.05, 0) is 63.0 Å². The first-order valence-electron chi connectivity index (χ1n) is 7.65. The maximum Gasteiger partial charge on any atom is 0.179 e. The van der Waals surface area contributed by atoms with E-state index in [1.54, 1.807) is 12.1 Å². The molecule has 1 heterocycles. The molecule has 0 bridgehead atoms. The molecule has 0 amide bonds. The van der Waals surface area contributed by atoms with Gasteiger partial charge in [0, 0.05) is 10.6 Å². The van der Waals surface area contributed by atoms with Crippen LogP contribution in [-0.2, 0) is 0 Å². The number of benzene rings is 1. The van der Waals surface area contributed by atoms with Gasteiger partial charge in [-0.15, -0.1) is 0 Å². The monoisotopic (exact) mass is 293 g/mol. The SMILES string of the molecule is CCCC1CCN(C(C)C(=O)c2ccc(Cl)cc2)CC1. The molecular weight excluding hydrogens is 270 g/mol. The van der Waals surface area contributed by atoms with Crippen molar-refractivity contribution in [3.05, 3.63) is 34.9 Å². The quantitative estimate of drug-likeness (QED) is 0.749. The summed E-state index contributed by atoms with van der Waals surface area (Å²) >= 11 is 5.87. The lowest BCUT2D eigenvalue weighted by Gasteiger charge is -2.35. The zero-order valence-electron chi connectivity index (χ0n) is 12.4. The Morgan fingerprint density at radius 2 is 1.90 bits per heavy atom. The number of ketones is 1. The topological polar surface area (TPSA) is 20.3 Å². The highest BCUT2D eigenvalue weighted by atomic mass is 35.5. The van der Waals surface area contributed by atoms with E-state index in [1.165, 1.54) is 25.7 Å². The van der Waals surface area contributed by atoms with Crippen LogP contribution in [0.15, 0.2) is 24.3 Å². The van der Waals surface area contributed by atoms with E-state index in [-0.39, 0.29) is 11.8 Å². The van der Waals surface area contributed by atoms with E-state index in [0.29, 0.717) is 5.02 Å². The minimum Gasteiger partial charge on any atom is -0.293 e. The van der Waals surface area contributed by atoms with E-state index < -0.39 is 0 Å². The number of hydrogen-bond donors (Lipinski definition) is 0. The van der Waals surface area contributed by atoms with E-state index in [4.69, 9.17) is 11.6 Å². The summed E-state index contributed by atoms with van der Waals surface area (Å²) in [5.74, 6) is 1.06. The Morgan fingerprint density at radius 1 is 1.30 bits per heavy atom. The van der Waals surface area contributed by atoms with E-state index >= 15 is 0 Å². The predicted molar refractivity (Wildman–Crippen MR) is 84.4 cm³/mol. The fourth-order valence-electron chi connectivity index (χ4n) is 3.06. The first kappa shape index (κ1) is 15.5. The number of Topliss-reactive ketones (excluding diaryl/α,β-unsaturated/α-hetero) is 1. The van der Waals surface area contributed by atoms with Gasteiger partial charge in [0.15, 0.2) is 5.78 Å². The first-order valence-corrected chi connectivity index (χ1v) is 8.03. The lowest BCUT2D eigenvalue weighted by Crippen LogP contribution is -2.44. The van der Waals surface area contributed by atoms with Gasteiger partial charge in [-0.25, -0.2) is 0 Å². The minimum atomic E-state index is -0.0289. The Hall–Kier alpha value is -0.860. The van der Waals surface area contributed by atoms with Crippen molar-refractivity contribution in [2.24, 2.45) is 5.92 Å². The summed E-state index contributed by atoms with van der Waals surface area (Å²) in [4.78, 5) is 14.8. The molecule has 0 saturated carbocycles. The average Bonchev–Trinajstić information content (AvgIpc) is 2.48. The molecule has 0 radical (unpaired) electrons. The van der Waals surface area contributed by atoms with E-state index in [1.807, 2.05) is 19.1 Å². The lowest BCUT2D eigenvalue weighted by molar-refractivity contribution is 0.0766. The molecule has 1 aliphatic heterocycles. The Labute approximate surface area is 127 Å². The van der Waals surface area contributed by atoms with Gasteiger partial charge in [-0.3, -0.25) is 9.69 Å². The van der Waals surface area contributed by atoms with Crippen molar-refractivity contribution in [1.82, 2.24) is 4.90 Å². The first-order chi connectivity index (χ1) is 9.61. The van der Waals surface area contributed by atoms with Gasteiger partial charge < -0.3 is 0 Å². The van der Waals surface area contributed by atoms with Crippen molar-refractivity contribution in [2.75, 3.05) is 13.1 Å². The van der Waals surface area contributed by atoms with Crippen LogP contribution >= 0.6 is 11.6 Å². The molecule has 0 aliphatic carbocycles. The van der Waals surface area contributed by atoms with Crippen LogP contribution in [0.4, 0.5) is 0 Å². The van der Waals surface area contributed by atoms with Gasteiger partial charge >= 0.3 is 0 Å². The standard InChI is InChI=1S/C17H24ClNO/c1-3-4-14-9-11-19(12-10-14)13(2)17(20)15-5-7-16(18)8-6-15/h5-8,13-14H,3-4,9-12H2,1-2H3. The van der Waals surface area contributed by atoms with Gasteiger partial charge in [0.1, 0.15) is 0 Å². The minimum absolute atomic E-state index is 0.0289. The average molecular weight is 294 g/mol. The van der Waals surface area contributed by atoms with Crippen LogP contribution < -0.4 is 0 Å². The second kappa shape index (κ2) is 7.24. The molecule has 1 atom stereocenters. The Balaban J connectivity index is 1.93. The number of piperidine rings is 1. The predicted octanol–water partition coefficient (Wildman–Crippen LogP) is 4.42. The number of carbonyl (C=O) groups is 1. The van der Waals surface area contributed by atoms with Crippen LogP contribution in [0.25, 0.3) is 0 Å². The number of rotatable bonds is 5. The van der Waals surface area contributed by atoms with Crippen molar-refractivity contribution in [2.45, 2.75) is 45.6 Å². The number of likely N-dealkylation sites (tertiary alicyclic amines) is 1. The summed E-state index contributed by atoms with van der Waals surface area (Å²) < 4.78 is 0. The molecule has 0 aromatic heterocycles. The summed E-state index contributed by atoms with van der Waals surface area (Å²) in [7, 11) is 0. The summed E-state index contributed by atoms with van der Waals surface area (Å²) in [5, 5.41) is 0.676. The highest BCUT2D eigenvalue weighted by Crippen LogP contribution is 2.24. The Kier molecular flexibility index (Phi) is 5.62. The fraction of sp³-hybridized carbons (Fsp3) is 0.588. The van der Waals surface area contributed by atoms with Crippen molar-refractivity contribution in [3.63, 3.8) is 0 Å². The maximum absolute atomic E-state index is 12.5. The zero-order valence-corrected chi connectivity index (χ0v) is 13.2. The molecule has 1 aromatic rings.